The van der Waals surface area contributed by atoms with Gasteiger partial charge in [0.2, 0.25) is 10.0 Å². The Morgan fingerprint density at radius 3 is 2.55 bits per heavy atom. The van der Waals surface area contributed by atoms with E-state index in [-0.39, 0.29) is 4.90 Å². The van der Waals surface area contributed by atoms with E-state index in [1.807, 2.05) is 13.8 Å². The number of benzene rings is 1. The summed E-state index contributed by atoms with van der Waals surface area (Å²) in [5.74, 6) is 0.713. The van der Waals surface area contributed by atoms with Crippen molar-refractivity contribution in [2.75, 3.05) is 11.1 Å². The fourth-order valence-electron chi connectivity index (χ4n) is 1.83. The van der Waals surface area contributed by atoms with Crippen LogP contribution in [0.3, 0.4) is 0 Å². The maximum atomic E-state index is 11.3. The number of nitrogens with two attached hydrogens (primary N) is 2. The van der Waals surface area contributed by atoms with Crippen LogP contribution in [0, 0.1) is 13.8 Å². The Bertz CT molecular complexity index is 718. The summed E-state index contributed by atoms with van der Waals surface area (Å²) in [4.78, 5) is -0.0289. The molecule has 0 saturated carbocycles. The predicted molar refractivity (Wildman–Crippen MR) is 75.5 cm³/mol. The Kier molecular flexibility index (Phi) is 3.69. The number of primary sulfonamides is 1. The normalized spacial score (nSPS) is 11.6. The second-order valence-electron chi connectivity index (χ2n) is 4.49. The minimum absolute atomic E-state index is 0.0289. The molecule has 0 amide bonds. The highest BCUT2D eigenvalue weighted by molar-refractivity contribution is 7.89. The van der Waals surface area contributed by atoms with Crippen LogP contribution in [0.25, 0.3) is 0 Å². The highest BCUT2D eigenvalue weighted by Crippen LogP contribution is 2.21. The summed E-state index contributed by atoms with van der Waals surface area (Å²) in [5.41, 5.74) is 8.26. The van der Waals surface area contributed by atoms with E-state index in [4.69, 9.17) is 15.4 Å². The van der Waals surface area contributed by atoms with Gasteiger partial charge < -0.3 is 15.6 Å². The molecule has 0 aliphatic rings. The molecule has 5 N–H and O–H groups in total. The molecule has 1 aromatic carbocycles. The molecule has 0 radical (unpaired) electrons. The third kappa shape index (κ3) is 3.09. The number of nitrogens with zero attached hydrogens (tertiary/aromatic N) is 1. The minimum Gasteiger partial charge on any atom is -0.399 e. The Balaban J connectivity index is 2.24. The number of hydrogen-bond acceptors (Lipinski definition) is 6. The molecule has 0 spiro atoms. The van der Waals surface area contributed by atoms with E-state index in [2.05, 4.69) is 10.5 Å². The van der Waals surface area contributed by atoms with Gasteiger partial charge in [-0.15, -0.1) is 0 Å². The van der Waals surface area contributed by atoms with E-state index in [1.54, 1.807) is 6.07 Å². The molecule has 0 aliphatic carbocycles. The van der Waals surface area contributed by atoms with Crippen LogP contribution in [0.2, 0.25) is 0 Å². The average Bonchev–Trinajstić information content (AvgIpc) is 2.65. The van der Waals surface area contributed by atoms with Gasteiger partial charge in [0, 0.05) is 23.5 Å². The first-order valence-corrected chi connectivity index (χ1v) is 7.41. The number of nitrogens with one attached hydrogen (secondary N) is 1. The van der Waals surface area contributed by atoms with Gasteiger partial charge in [0.25, 0.3) is 0 Å². The van der Waals surface area contributed by atoms with Crippen LogP contribution in [0.5, 0.6) is 0 Å². The molecule has 0 bridgehead atoms. The Morgan fingerprint density at radius 2 is 2.00 bits per heavy atom. The van der Waals surface area contributed by atoms with Crippen LogP contribution in [-0.4, -0.2) is 13.6 Å². The van der Waals surface area contributed by atoms with Crippen LogP contribution in [-0.2, 0) is 16.6 Å². The molecule has 8 heteroatoms. The van der Waals surface area contributed by atoms with Crippen molar-refractivity contribution < 1.29 is 12.9 Å². The van der Waals surface area contributed by atoms with Gasteiger partial charge in [-0.2, -0.15) is 0 Å². The second-order valence-corrected chi connectivity index (χ2v) is 6.05. The van der Waals surface area contributed by atoms with Gasteiger partial charge in [-0.25, -0.2) is 13.6 Å². The summed E-state index contributed by atoms with van der Waals surface area (Å²) in [6.45, 7) is 4.10. The van der Waals surface area contributed by atoms with E-state index in [0.717, 1.165) is 11.3 Å². The Hall–Kier alpha value is -2.06. The first-order valence-electron chi connectivity index (χ1n) is 5.86. The Labute approximate surface area is 117 Å². The largest absolute Gasteiger partial charge is 0.399 e. The number of aromatic nitrogens is 1. The van der Waals surface area contributed by atoms with Crippen LogP contribution in [0.1, 0.15) is 17.0 Å². The van der Waals surface area contributed by atoms with Gasteiger partial charge >= 0.3 is 0 Å². The summed E-state index contributed by atoms with van der Waals surface area (Å²) in [6, 6.07) is 4.38. The molecule has 0 unspecified atom stereocenters. The molecule has 0 atom stereocenters. The zero-order valence-corrected chi connectivity index (χ0v) is 12.0. The molecule has 1 aromatic heterocycles. The monoisotopic (exact) mass is 296 g/mol. The van der Waals surface area contributed by atoms with Crippen molar-refractivity contribution in [3.63, 3.8) is 0 Å². The van der Waals surface area contributed by atoms with Gasteiger partial charge in [-0.1, -0.05) is 5.16 Å². The first-order chi connectivity index (χ1) is 9.27. The summed E-state index contributed by atoms with van der Waals surface area (Å²) < 4.78 is 27.8. The lowest BCUT2D eigenvalue weighted by Crippen LogP contribution is -2.13. The van der Waals surface area contributed by atoms with Crippen LogP contribution < -0.4 is 16.2 Å². The number of hydrogen-bond donors (Lipinski definition) is 3. The third-order valence-corrected chi connectivity index (χ3v) is 3.80. The zero-order chi connectivity index (χ0) is 14.9. The second kappa shape index (κ2) is 5.14. The van der Waals surface area contributed by atoms with E-state index in [1.165, 1.54) is 12.1 Å². The fourth-order valence-corrected chi connectivity index (χ4v) is 2.42. The summed E-state index contributed by atoms with van der Waals surface area (Å²) >= 11 is 0. The molecular formula is C12H16N4O3S. The van der Waals surface area contributed by atoms with E-state index in [9.17, 15) is 8.42 Å². The van der Waals surface area contributed by atoms with Crippen molar-refractivity contribution in [3.8, 4) is 0 Å². The fraction of sp³-hybridized carbons (Fsp3) is 0.250. The van der Waals surface area contributed by atoms with Crippen molar-refractivity contribution in [1.29, 1.82) is 0 Å². The molecule has 1 heterocycles. The molecule has 7 nitrogen and oxygen atoms in total. The van der Waals surface area contributed by atoms with Crippen molar-refractivity contribution in [3.05, 3.63) is 35.2 Å². The molecule has 0 fully saturated rings. The minimum atomic E-state index is -3.79. The van der Waals surface area contributed by atoms with Crippen molar-refractivity contribution in [2.45, 2.75) is 25.3 Å². The van der Waals surface area contributed by atoms with Gasteiger partial charge in [0.05, 0.1) is 10.6 Å². The number of anilines is 2. The maximum absolute atomic E-state index is 11.3. The summed E-state index contributed by atoms with van der Waals surface area (Å²) in [5, 5.41) is 12.0. The number of nitrogen functional groups attached to an aromatic ring is 1. The first kappa shape index (κ1) is 14.4. The lowest BCUT2D eigenvalue weighted by molar-refractivity contribution is 0.392. The van der Waals surface area contributed by atoms with E-state index in [0.29, 0.717) is 23.7 Å². The van der Waals surface area contributed by atoms with E-state index < -0.39 is 10.0 Å². The van der Waals surface area contributed by atoms with Gasteiger partial charge in [0.15, 0.2) is 0 Å². The topological polar surface area (TPSA) is 124 Å². The van der Waals surface area contributed by atoms with Gasteiger partial charge in [-0.05, 0) is 32.0 Å². The van der Waals surface area contributed by atoms with Gasteiger partial charge in [-0.3, -0.25) is 0 Å². The van der Waals surface area contributed by atoms with Crippen molar-refractivity contribution in [2.24, 2.45) is 5.14 Å². The summed E-state index contributed by atoms with van der Waals surface area (Å²) in [6.07, 6.45) is 0. The maximum Gasteiger partial charge on any atom is 0.238 e. The van der Waals surface area contributed by atoms with Gasteiger partial charge in [0.1, 0.15) is 5.76 Å². The smallest absolute Gasteiger partial charge is 0.238 e. The number of rotatable bonds is 4. The molecule has 2 aromatic rings. The predicted octanol–water partition coefficient (Wildman–Crippen LogP) is 1.13. The average molecular weight is 296 g/mol. The van der Waals surface area contributed by atoms with Crippen LogP contribution in [0.4, 0.5) is 11.4 Å². The standard InChI is InChI=1S/C12H16N4O3S/c1-7-12(8(2)19-16-7)6-15-10-3-9(13)4-11(5-10)20(14,17)18/h3-5,15H,6,13H2,1-2H3,(H2,14,17,18). The zero-order valence-electron chi connectivity index (χ0n) is 11.2. The lowest BCUT2D eigenvalue weighted by Gasteiger charge is -2.09. The molecule has 0 aliphatic heterocycles. The molecular weight excluding hydrogens is 280 g/mol. The molecule has 0 saturated heterocycles. The molecule has 2 rings (SSSR count). The van der Waals surface area contributed by atoms with Crippen LogP contribution in [0.15, 0.2) is 27.6 Å². The Morgan fingerprint density at radius 1 is 1.30 bits per heavy atom. The lowest BCUT2D eigenvalue weighted by atomic mass is 10.2. The number of aryl methyl sites for hydroxylation is 2. The SMILES string of the molecule is Cc1noc(C)c1CNc1cc(N)cc(S(N)(=O)=O)c1. The van der Waals surface area contributed by atoms with Crippen molar-refractivity contribution in [1.82, 2.24) is 5.16 Å². The van der Waals surface area contributed by atoms with Crippen LogP contribution >= 0.6 is 0 Å². The van der Waals surface area contributed by atoms with E-state index >= 15 is 0 Å². The highest BCUT2D eigenvalue weighted by Gasteiger charge is 2.12. The quantitative estimate of drug-likeness (QED) is 0.726. The third-order valence-electron chi connectivity index (χ3n) is 2.91. The highest BCUT2D eigenvalue weighted by atomic mass is 32.2. The molecule has 108 valence electrons. The van der Waals surface area contributed by atoms with Crippen molar-refractivity contribution >= 4 is 21.4 Å². The number of sulfonamides is 1. The summed E-state index contributed by atoms with van der Waals surface area (Å²) in [7, 11) is -3.79. The molecule has 20 heavy (non-hydrogen) atoms.